The first kappa shape index (κ1) is 8.81. The van der Waals surface area contributed by atoms with E-state index >= 15 is 0 Å². The van der Waals surface area contributed by atoms with Gasteiger partial charge in [0.1, 0.15) is 11.6 Å². The Morgan fingerprint density at radius 3 is 1.06 bits per heavy atom. The van der Waals surface area contributed by atoms with E-state index < -0.39 is 0 Å². The molecule has 5 rings (SSSR count). The lowest BCUT2D eigenvalue weighted by molar-refractivity contribution is 0.668. The zero-order valence-electron chi connectivity index (χ0n) is 9.22. The average molecular weight is 236 g/mol. The molecule has 0 aromatic heterocycles. The van der Waals surface area contributed by atoms with Crippen LogP contribution in [0.15, 0.2) is 36.4 Å². The molecule has 0 amide bonds. The second kappa shape index (κ2) is 2.46. The number of rotatable bonds is 0. The van der Waals surface area contributed by atoms with Gasteiger partial charge in [-0.05, 0) is 21.5 Å². The van der Waals surface area contributed by atoms with E-state index in [1.54, 1.807) is 0 Å². The van der Waals surface area contributed by atoms with Crippen molar-refractivity contribution in [2.24, 2.45) is 0 Å². The number of hydrogen-bond acceptors (Lipinski definition) is 0. The lowest BCUT2D eigenvalue weighted by Crippen LogP contribution is -1.55. The third-order valence-corrected chi connectivity index (χ3v) is 3.96. The van der Waals surface area contributed by atoms with Gasteiger partial charge in [0.2, 0.25) is 0 Å². The van der Waals surface area contributed by atoms with Crippen LogP contribution in [0.1, 0.15) is 0 Å². The van der Waals surface area contributed by atoms with Crippen LogP contribution in [0.25, 0.3) is 43.1 Å². The van der Waals surface area contributed by atoms with Gasteiger partial charge in [0.05, 0.1) is 0 Å². The highest BCUT2D eigenvalue weighted by Gasteiger charge is 2.27. The van der Waals surface area contributed by atoms with Crippen LogP contribution in [0.3, 0.4) is 0 Å². The van der Waals surface area contributed by atoms with Crippen molar-refractivity contribution in [3.8, 4) is 0 Å². The number of halogens is 2. The molecule has 0 heterocycles. The zero-order valence-corrected chi connectivity index (χ0v) is 9.22. The minimum Gasteiger partial charge on any atom is -0.206 e. The molecular weight excluding hydrogens is 230 g/mol. The largest absolute Gasteiger partial charge is 0.206 e. The van der Waals surface area contributed by atoms with Crippen molar-refractivity contribution in [3.63, 3.8) is 0 Å². The summed E-state index contributed by atoms with van der Waals surface area (Å²) in [6.45, 7) is 0. The maximum atomic E-state index is 13.9. The lowest BCUT2D eigenvalue weighted by atomic mass is 10.2. The Hall–Kier alpha value is -2.22. The van der Waals surface area contributed by atoms with Crippen LogP contribution >= 0.6 is 0 Å². The third kappa shape index (κ3) is 0.778. The number of fused-ring (bicyclic) bond motifs is 8. The van der Waals surface area contributed by atoms with Gasteiger partial charge in [-0.15, -0.1) is 0 Å². The van der Waals surface area contributed by atoms with Crippen molar-refractivity contribution in [3.05, 3.63) is 48.0 Å². The molecule has 5 aromatic rings. The first-order valence-corrected chi connectivity index (χ1v) is 5.87. The van der Waals surface area contributed by atoms with Gasteiger partial charge in [-0.2, -0.15) is 0 Å². The molecule has 0 fully saturated rings. The predicted molar refractivity (Wildman–Crippen MR) is 69.9 cm³/mol. The van der Waals surface area contributed by atoms with Crippen molar-refractivity contribution in [2.45, 2.75) is 0 Å². The molecule has 0 aliphatic heterocycles. The normalized spacial score (nSPS) is 13.0. The molecule has 0 saturated carbocycles. The van der Waals surface area contributed by atoms with Gasteiger partial charge in [0.15, 0.2) is 0 Å². The fraction of sp³-hybridized carbons (Fsp3) is 0. The fourth-order valence-electron chi connectivity index (χ4n) is 3.05. The van der Waals surface area contributed by atoms with Crippen molar-refractivity contribution < 1.29 is 8.78 Å². The van der Waals surface area contributed by atoms with Crippen LogP contribution in [0.4, 0.5) is 8.78 Å². The molecule has 0 bridgehead atoms. The fourth-order valence-corrected chi connectivity index (χ4v) is 3.05. The molecule has 0 N–H and O–H groups in total. The molecule has 18 heavy (non-hydrogen) atoms. The Morgan fingerprint density at radius 1 is 0.500 bits per heavy atom. The van der Waals surface area contributed by atoms with E-state index in [1.165, 1.54) is 0 Å². The molecule has 0 atom stereocenters. The minimum atomic E-state index is -0.141. The van der Waals surface area contributed by atoms with E-state index in [0.717, 1.165) is 21.5 Å². The summed E-state index contributed by atoms with van der Waals surface area (Å²) in [6.07, 6.45) is 0. The maximum Gasteiger partial charge on any atom is 0.140 e. The van der Waals surface area contributed by atoms with Gasteiger partial charge < -0.3 is 0 Å². The predicted octanol–water partition coefficient (Wildman–Crippen LogP) is 4.89. The monoisotopic (exact) mass is 236 g/mol. The third-order valence-electron chi connectivity index (χ3n) is 3.96. The van der Waals surface area contributed by atoms with Gasteiger partial charge in [0.25, 0.3) is 0 Å². The summed E-state index contributed by atoms with van der Waals surface area (Å²) in [6, 6.07) is 11.2. The molecule has 0 radical (unpaired) electrons. The summed E-state index contributed by atoms with van der Waals surface area (Å²) in [5, 5.41) is 5.96. The molecule has 0 aliphatic carbocycles. The maximum absolute atomic E-state index is 13.9. The molecule has 0 saturated heterocycles. The van der Waals surface area contributed by atoms with E-state index in [2.05, 4.69) is 0 Å². The standard InChI is InChI=1S/C16H6F2/c17-15-11-7-3-1-4-8(7)12-14(16(12)18)10-6-2-5-9(10)13(11)15/h1-6H. The Bertz CT molecular complexity index is 869. The summed E-state index contributed by atoms with van der Waals surface area (Å²) in [7, 11) is 0. The Morgan fingerprint density at radius 2 is 0.778 bits per heavy atom. The molecule has 0 unspecified atom stereocenters. The second-order valence-corrected chi connectivity index (χ2v) is 4.83. The number of hydrogen-bond donors (Lipinski definition) is 0. The highest BCUT2D eigenvalue weighted by Crippen LogP contribution is 2.48. The summed E-state index contributed by atoms with van der Waals surface area (Å²) in [5.74, 6) is -0.282. The van der Waals surface area contributed by atoms with Crippen molar-refractivity contribution in [2.75, 3.05) is 0 Å². The van der Waals surface area contributed by atoms with E-state index in [1.807, 2.05) is 36.4 Å². The van der Waals surface area contributed by atoms with Gasteiger partial charge in [-0.25, -0.2) is 8.78 Å². The lowest BCUT2D eigenvalue weighted by Gasteiger charge is -1.83. The van der Waals surface area contributed by atoms with Crippen LogP contribution in [0.2, 0.25) is 0 Å². The molecular formula is C16H6F2. The highest BCUT2D eigenvalue weighted by atomic mass is 19.1. The Labute approximate surface area is 100 Å². The quantitative estimate of drug-likeness (QED) is 0.359. The average Bonchev–Trinajstić information content (AvgIpc) is 3.02. The van der Waals surface area contributed by atoms with Crippen LogP contribution in [0, 0.1) is 11.6 Å². The first-order chi connectivity index (χ1) is 8.79. The molecule has 0 spiro atoms. The topological polar surface area (TPSA) is 0 Å². The molecule has 0 nitrogen and oxygen atoms in total. The first-order valence-electron chi connectivity index (χ1n) is 5.87. The molecule has 0 aliphatic rings. The SMILES string of the molecule is Fc1c2c3cccc3c3c(F)c3c3cccc3c12. The van der Waals surface area contributed by atoms with Crippen molar-refractivity contribution in [1.29, 1.82) is 0 Å². The molecule has 84 valence electrons. The van der Waals surface area contributed by atoms with E-state index in [9.17, 15) is 8.78 Å². The van der Waals surface area contributed by atoms with Crippen LogP contribution in [-0.2, 0) is 0 Å². The van der Waals surface area contributed by atoms with Gasteiger partial charge >= 0.3 is 0 Å². The minimum absolute atomic E-state index is 0.141. The van der Waals surface area contributed by atoms with Gasteiger partial charge in [-0.1, -0.05) is 36.4 Å². The van der Waals surface area contributed by atoms with Crippen LogP contribution in [-0.4, -0.2) is 0 Å². The van der Waals surface area contributed by atoms with Gasteiger partial charge in [-0.3, -0.25) is 0 Å². The Balaban J connectivity index is 2.26. The summed E-state index contributed by atoms with van der Waals surface area (Å²) in [5.41, 5.74) is 0. The Kier molecular flexibility index (Phi) is 1.20. The summed E-state index contributed by atoms with van der Waals surface area (Å²) >= 11 is 0. The summed E-state index contributed by atoms with van der Waals surface area (Å²) < 4.78 is 27.8. The van der Waals surface area contributed by atoms with Crippen LogP contribution < -0.4 is 0 Å². The van der Waals surface area contributed by atoms with Gasteiger partial charge in [0, 0.05) is 21.5 Å². The van der Waals surface area contributed by atoms with Crippen LogP contribution in [0.5, 0.6) is 0 Å². The molecule has 5 aromatic carbocycles. The van der Waals surface area contributed by atoms with E-state index in [0.29, 0.717) is 21.5 Å². The van der Waals surface area contributed by atoms with Crippen molar-refractivity contribution >= 4 is 43.1 Å². The van der Waals surface area contributed by atoms with Crippen molar-refractivity contribution in [1.82, 2.24) is 0 Å². The molecule has 2 heteroatoms. The second-order valence-electron chi connectivity index (χ2n) is 4.83. The van der Waals surface area contributed by atoms with E-state index in [-0.39, 0.29) is 11.6 Å². The highest BCUT2D eigenvalue weighted by molar-refractivity contribution is 6.36. The zero-order chi connectivity index (χ0) is 12.0. The van der Waals surface area contributed by atoms with E-state index in [4.69, 9.17) is 0 Å². The smallest absolute Gasteiger partial charge is 0.140 e. The summed E-state index contributed by atoms with van der Waals surface area (Å²) in [4.78, 5) is 0.